The first-order valence-electron chi connectivity index (χ1n) is 4.97. The molecule has 0 atom stereocenters. The third kappa shape index (κ3) is 3.25. The van der Waals surface area contributed by atoms with Gasteiger partial charge in [0, 0.05) is 23.1 Å². The van der Waals surface area contributed by atoms with E-state index in [0.717, 1.165) is 17.3 Å². The Balaban J connectivity index is 1.81. The molecule has 0 spiro atoms. The summed E-state index contributed by atoms with van der Waals surface area (Å²) in [5.74, 6) is 2.92. The van der Waals surface area contributed by atoms with Crippen LogP contribution < -0.4 is 4.74 Å². The summed E-state index contributed by atoms with van der Waals surface area (Å²) in [6.07, 6.45) is 1.86. The van der Waals surface area contributed by atoms with Gasteiger partial charge in [-0.15, -0.1) is 23.1 Å². The molecule has 0 radical (unpaired) electrons. The van der Waals surface area contributed by atoms with Gasteiger partial charge in [0.25, 0.3) is 0 Å². The molecule has 0 saturated carbocycles. The minimum atomic E-state index is 0.911. The maximum atomic E-state index is 5.12. The highest BCUT2D eigenvalue weighted by molar-refractivity contribution is 7.97. The van der Waals surface area contributed by atoms with E-state index in [-0.39, 0.29) is 0 Å². The Kier molecular flexibility index (Phi) is 4.25. The second-order valence-corrected chi connectivity index (χ2v) is 5.23. The second-order valence-electron chi connectivity index (χ2n) is 3.27. The van der Waals surface area contributed by atoms with Gasteiger partial charge in [-0.05, 0) is 17.7 Å². The van der Waals surface area contributed by atoms with Crippen LogP contribution in [-0.2, 0) is 11.5 Å². The number of benzene rings is 1. The fraction of sp³-hybridized carbons (Fsp3) is 0.250. The van der Waals surface area contributed by atoms with E-state index in [1.54, 1.807) is 18.4 Å². The van der Waals surface area contributed by atoms with Crippen molar-refractivity contribution >= 4 is 23.1 Å². The van der Waals surface area contributed by atoms with Crippen molar-refractivity contribution in [2.45, 2.75) is 11.5 Å². The molecule has 4 heteroatoms. The second kappa shape index (κ2) is 5.92. The Morgan fingerprint density at radius 3 is 2.69 bits per heavy atom. The summed E-state index contributed by atoms with van der Waals surface area (Å²) in [4.78, 5) is 4.25. The fourth-order valence-corrected chi connectivity index (χ4v) is 3.00. The van der Waals surface area contributed by atoms with Crippen LogP contribution in [0.15, 0.2) is 35.8 Å². The molecule has 0 aliphatic rings. The average Bonchev–Trinajstić information content (AvgIpc) is 2.83. The van der Waals surface area contributed by atoms with Gasteiger partial charge in [0.2, 0.25) is 0 Å². The molecule has 0 fully saturated rings. The smallest absolute Gasteiger partial charge is 0.118 e. The number of hydrogen-bond acceptors (Lipinski definition) is 4. The van der Waals surface area contributed by atoms with Crippen LogP contribution in [0.1, 0.15) is 10.6 Å². The fourth-order valence-electron chi connectivity index (χ4n) is 1.30. The molecular weight excluding hydrogens is 238 g/mol. The largest absolute Gasteiger partial charge is 0.497 e. The first kappa shape index (κ1) is 11.5. The number of ether oxygens (including phenoxy) is 1. The van der Waals surface area contributed by atoms with E-state index in [1.807, 2.05) is 35.5 Å². The molecule has 2 rings (SSSR count). The zero-order valence-electron chi connectivity index (χ0n) is 9.05. The normalized spacial score (nSPS) is 10.3. The van der Waals surface area contributed by atoms with Gasteiger partial charge in [-0.3, -0.25) is 0 Å². The summed E-state index contributed by atoms with van der Waals surface area (Å²) < 4.78 is 5.12. The quantitative estimate of drug-likeness (QED) is 0.811. The number of rotatable bonds is 5. The highest BCUT2D eigenvalue weighted by atomic mass is 32.2. The van der Waals surface area contributed by atoms with E-state index in [1.165, 1.54) is 10.6 Å². The highest BCUT2D eigenvalue weighted by Crippen LogP contribution is 2.20. The molecular formula is C12H13NOS2. The van der Waals surface area contributed by atoms with Crippen LogP contribution in [-0.4, -0.2) is 12.1 Å². The van der Waals surface area contributed by atoms with Gasteiger partial charge in [0.15, 0.2) is 0 Å². The van der Waals surface area contributed by atoms with Crippen LogP contribution in [0.2, 0.25) is 0 Å². The minimum absolute atomic E-state index is 0.911. The van der Waals surface area contributed by atoms with E-state index in [2.05, 4.69) is 17.1 Å². The van der Waals surface area contributed by atoms with Crippen molar-refractivity contribution in [3.8, 4) is 5.75 Å². The molecule has 16 heavy (non-hydrogen) atoms. The van der Waals surface area contributed by atoms with E-state index in [9.17, 15) is 0 Å². The molecule has 2 aromatic rings. The lowest BCUT2D eigenvalue weighted by Gasteiger charge is -2.02. The Hall–Kier alpha value is -1.00. The van der Waals surface area contributed by atoms with Crippen molar-refractivity contribution < 1.29 is 4.74 Å². The van der Waals surface area contributed by atoms with Gasteiger partial charge in [0.05, 0.1) is 7.11 Å². The molecule has 0 amide bonds. The van der Waals surface area contributed by atoms with Crippen molar-refractivity contribution in [1.29, 1.82) is 0 Å². The van der Waals surface area contributed by atoms with Crippen LogP contribution in [0.5, 0.6) is 5.75 Å². The molecule has 84 valence electrons. The number of nitrogens with zero attached hydrogens (tertiary/aromatic N) is 1. The monoisotopic (exact) mass is 251 g/mol. The summed E-state index contributed by atoms with van der Waals surface area (Å²) in [5.41, 5.74) is 1.32. The third-order valence-electron chi connectivity index (χ3n) is 2.14. The van der Waals surface area contributed by atoms with Crippen molar-refractivity contribution in [3.05, 3.63) is 46.4 Å². The lowest BCUT2D eigenvalue weighted by molar-refractivity contribution is 0.414. The van der Waals surface area contributed by atoms with Crippen LogP contribution in [0.3, 0.4) is 0 Å². The summed E-state index contributed by atoms with van der Waals surface area (Å²) in [6, 6.07) is 8.21. The number of thioether (sulfide) groups is 1. The van der Waals surface area contributed by atoms with Crippen LogP contribution in [0.25, 0.3) is 0 Å². The Morgan fingerprint density at radius 1 is 1.25 bits per heavy atom. The molecule has 0 unspecified atom stereocenters. The zero-order valence-corrected chi connectivity index (χ0v) is 10.7. The lowest BCUT2D eigenvalue weighted by Crippen LogP contribution is -1.85. The molecule has 0 N–H and O–H groups in total. The van der Waals surface area contributed by atoms with Gasteiger partial charge in [0.1, 0.15) is 10.8 Å². The Labute approximate surface area is 104 Å². The summed E-state index contributed by atoms with van der Waals surface area (Å²) in [5, 5.41) is 3.21. The van der Waals surface area contributed by atoms with E-state index >= 15 is 0 Å². The molecule has 2 nitrogen and oxygen atoms in total. The summed E-state index contributed by atoms with van der Waals surface area (Å²) in [7, 11) is 1.69. The van der Waals surface area contributed by atoms with Gasteiger partial charge in [-0.1, -0.05) is 12.1 Å². The molecule has 1 aromatic carbocycles. The van der Waals surface area contributed by atoms with Crippen LogP contribution in [0, 0.1) is 0 Å². The maximum absolute atomic E-state index is 5.12. The van der Waals surface area contributed by atoms with Crippen molar-refractivity contribution in [2.24, 2.45) is 0 Å². The molecule has 0 aliphatic carbocycles. The molecule has 0 saturated heterocycles. The van der Waals surface area contributed by atoms with E-state index in [4.69, 9.17) is 4.74 Å². The zero-order chi connectivity index (χ0) is 11.2. The standard InChI is InChI=1S/C12H13NOS2/c1-14-11-4-2-10(3-5-11)8-15-9-12-13-6-7-16-12/h2-7H,8-9H2,1H3. The van der Waals surface area contributed by atoms with Crippen molar-refractivity contribution in [2.75, 3.05) is 7.11 Å². The van der Waals surface area contributed by atoms with Crippen molar-refractivity contribution in [3.63, 3.8) is 0 Å². The Morgan fingerprint density at radius 2 is 2.06 bits per heavy atom. The molecule has 0 aliphatic heterocycles. The molecule has 0 bridgehead atoms. The predicted molar refractivity (Wildman–Crippen MR) is 70.1 cm³/mol. The number of hydrogen-bond donors (Lipinski definition) is 0. The first-order valence-corrected chi connectivity index (χ1v) is 7.01. The van der Waals surface area contributed by atoms with Gasteiger partial charge in [-0.25, -0.2) is 4.98 Å². The van der Waals surface area contributed by atoms with E-state index in [0.29, 0.717) is 0 Å². The third-order valence-corrected chi connectivity index (χ3v) is 4.11. The SMILES string of the molecule is COc1ccc(CSCc2nccs2)cc1. The topological polar surface area (TPSA) is 22.1 Å². The van der Waals surface area contributed by atoms with Gasteiger partial charge < -0.3 is 4.74 Å². The van der Waals surface area contributed by atoms with E-state index < -0.39 is 0 Å². The predicted octanol–water partition coefficient (Wildman–Crippen LogP) is 3.59. The van der Waals surface area contributed by atoms with Gasteiger partial charge >= 0.3 is 0 Å². The summed E-state index contributed by atoms with van der Waals surface area (Å²) >= 11 is 3.60. The van der Waals surface area contributed by atoms with Crippen LogP contribution in [0.4, 0.5) is 0 Å². The van der Waals surface area contributed by atoms with Gasteiger partial charge in [-0.2, -0.15) is 0 Å². The number of aromatic nitrogens is 1. The summed E-state index contributed by atoms with van der Waals surface area (Å²) in [6.45, 7) is 0. The lowest BCUT2D eigenvalue weighted by atomic mass is 10.2. The van der Waals surface area contributed by atoms with Crippen molar-refractivity contribution in [1.82, 2.24) is 4.98 Å². The maximum Gasteiger partial charge on any atom is 0.118 e. The Bertz CT molecular complexity index is 411. The minimum Gasteiger partial charge on any atom is -0.497 e. The number of methoxy groups -OCH3 is 1. The first-order chi connectivity index (χ1) is 7.88. The van der Waals surface area contributed by atoms with Crippen LogP contribution >= 0.6 is 23.1 Å². The highest BCUT2D eigenvalue weighted by Gasteiger charge is 1.98. The average molecular weight is 251 g/mol. The number of thiazole rings is 1. The molecule has 1 heterocycles. The molecule has 1 aromatic heterocycles.